The first kappa shape index (κ1) is 16.2. The Kier molecular flexibility index (Phi) is 4.85. The lowest BCUT2D eigenvalue weighted by molar-refractivity contribution is -0.0874. The number of phenolic OH excluding ortho intramolecular Hbond substituents is 1. The number of nitrogens with zero attached hydrogens (tertiary/aromatic N) is 1. The highest BCUT2D eigenvalue weighted by Crippen LogP contribution is 2.37. The van der Waals surface area contributed by atoms with Gasteiger partial charge in [-0.05, 0) is 43.4 Å². The lowest BCUT2D eigenvalue weighted by Gasteiger charge is -2.38. The molecule has 1 saturated heterocycles. The second-order valence-corrected chi connectivity index (χ2v) is 6.65. The number of hydrogen-bond donors (Lipinski definition) is 1. The summed E-state index contributed by atoms with van der Waals surface area (Å²) in [5, 5.41) is 9.50. The number of carbonyl (C=O) groups excluding carboxylic acids is 1. The maximum Gasteiger partial charge on any atom is 0.254 e. The number of amides is 1. The molecule has 1 amide bonds. The fourth-order valence-electron chi connectivity index (χ4n) is 3.18. The summed E-state index contributed by atoms with van der Waals surface area (Å²) in [6.45, 7) is 3.30. The van der Waals surface area contributed by atoms with E-state index in [0.717, 1.165) is 25.3 Å². The van der Waals surface area contributed by atoms with Crippen molar-refractivity contribution in [2.75, 3.05) is 13.1 Å². The lowest BCUT2D eigenvalue weighted by Crippen LogP contribution is -2.50. The van der Waals surface area contributed by atoms with Gasteiger partial charge in [0.05, 0.1) is 12.2 Å². The first-order chi connectivity index (χ1) is 11.1. The fourth-order valence-corrected chi connectivity index (χ4v) is 3.18. The highest BCUT2D eigenvalue weighted by Gasteiger charge is 2.39. The molecule has 5 heteroatoms. The van der Waals surface area contributed by atoms with Gasteiger partial charge in [-0.25, -0.2) is 4.39 Å². The summed E-state index contributed by atoms with van der Waals surface area (Å²) < 4.78 is 19.4. The van der Waals surface area contributed by atoms with Crippen molar-refractivity contribution < 1.29 is 19.0 Å². The summed E-state index contributed by atoms with van der Waals surface area (Å²) in [4.78, 5) is 14.5. The second kappa shape index (κ2) is 6.87. The van der Waals surface area contributed by atoms with Gasteiger partial charge in [-0.1, -0.05) is 19.8 Å². The van der Waals surface area contributed by atoms with Crippen molar-refractivity contribution in [3.63, 3.8) is 0 Å². The summed E-state index contributed by atoms with van der Waals surface area (Å²) in [5.74, 6) is -0.780. The molecule has 0 spiro atoms. The van der Waals surface area contributed by atoms with Crippen LogP contribution in [0.3, 0.4) is 0 Å². The summed E-state index contributed by atoms with van der Waals surface area (Å²) in [5.41, 5.74) is 0.328. The number of benzene rings is 1. The van der Waals surface area contributed by atoms with E-state index in [1.807, 2.05) is 0 Å². The maximum atomic E-state index is 13.2. The number of phenols is 1. The Morgan fingerprint density at radius 3 is 2.83 bits per heavy atom. The first-order valence-electron chi connectivity index (χ1n) is 8.51. The van der Waals surface area contributed by atoms with Gasteiger partial charge in [0.15, 0.2) is 11.6 Å². The van der Waals surface area contributed by atoms with Crippen LogP contribution >= 0.6 is 0 Å². The SMILES string of the molecule is CCCC[C@@H]1CN(C(=O)c2ccc(F)c(O)c2)C[C@H](C2CC2)O1. The molecule has 1 aromatic rings. The molecule has 2 atom stereocenters. The van der Waals surface area contributed by atoms with Crippen LogP contribution in [0.5, 0.6) is 5.75 Å². The number of unbranched alkanes of at least 4 members (excludes halogenated alkanes) is 1. The van der Waals surface area contributed by atoms with Gasteiger partial charge in [-0.2, -0.15) is 0 Å². The third kappa shape index (κ3) is 3.83. The van der Waals surface area contributed by atoms with E-state index in [1.165, 1.54) is 25.0 Å². The van der Waals surface area contributed by atoms with Crippen LogP contribution in [0.25, 0.3) is 0 Å². The average molecular weight is 321 g/mol. The van der Waals surface area contributed by atoms with Gasteiger partial charge in [-0.3, -0.25) is 4.79 Å². The Balaban J connectivity index is 1.72. The summed E-state index contributed by atoms with van der Waals surface area (Å²) >= 11 is 0. The van der Waals surface area contributed by atoms with Crippen LogP contribution in [0.15, 0.2) is 18.2 Å². The van der Waals surface area contributed by atoms with Crippen molar-refractivity contribution in [2.45, 2.75) is 51.2 Å². The molecule has 23 heavy (non-hydrogen) atoms. The first-order valence-corrected chi connectivity index (χ1v) is 8.51. The summed E-state index contributed by atoms with van der Waals surface area (Å²) in [6, 6.07) is 3.77. The maximum absolute atomic E-state index is 13.2. The van der Waals surface area contributed by atoms with Crippen molar-refractivity contribution in [2.24, 2.45) is 5.92 Å². The molecule has 0 aromatic heterocycles. The number of aromatic hydroxyl groups is 1. The molecule has 2 fully saturated rings. The summed E-state index contributed by atoms with van der Waals surface area (Å²) in [6.07, 6.45) is 5.68. The van der Waals surface area contributed by atoms with Crippen molar-refractivity contribution in [3.05, 3.63) is 29.6 Å². The molecule has 126 valence electrons. The number of carbonyl (C=O) groups is 1. The zero-order valence-electron chi connectivity index (χ0n) is 13.5. The van der Waals surface area contributed by atoms with E-state index in [2.05, 4.69) is 6.92 Å². The molecule has 1 N–H and O–H groups in total. The van der Waals surface area contributed by atoms with E-state index in [0.29, 0.717) is 24.6 Å². The van der Waals surface area contributed by atoms with E-state index in [1.54, 1.807) is 4.90 Å². The average Bonchev–Trinajstić information content (AvgIpc) is 3.39. The van der Waals surface area contributed by atoms with E-state index >= 15 is 0 Å². The lowest BCUT2D eigenvalue weighted by atomic mass is 10.1. The smallest absolute Gasteiger partial charge is 0.254 e. The van der Waals surface area contributed by atoms with E-state index in [4.69, 9.17) is 4.74 Å². The highest BCUT2D eigenvalue weighted by molar-refractivity contribution is 5.94. The van der Waals surface area contributed by atoms with Crippen LogP contribution in [0.1, 0.15) is 49.4 Å². The van der Waals surface area contributed by atoms with Crippen LogP contribution in [0.2, 0.25) is 0 Å². The molecule has 1 aromatic carbocycles. The second-order valence-electron chi connectivity index (χ2n) is 6.65. The van der Waals surface area contributed by atoms with Gasteiger partial charge in [0.1, 0.15) is 0 Å². The van der Waals surface area contributed by atoms with E-state index < -0.39 is 11.6 Å². The van der Waals surface area contributed by atoms with Gasteiger partial charge in [-0.15, -0.1) is 0 Å². The van der Waals surface area contributed by atoms with Gasteiger partial charge in [0.25, 0.3) is 5.91 Å². The standard InChI is InChI=1S/C18H24FNO3/c1-2-3-4-14-10-20(11-17(23-14)12-5-6-12)18(22)13-7-8-15(19)16(21)9-13/h7-9,12,14,17,21H,2-6,10-11H2,1H3/t14-,17-/m1/s1. The van der Waals surface area contributed by atoms with Crippen molar-refractivity contribution in [3.8, 4) is 5.75 Å². The minimum absolute atomic E-state index is 0.0762. The normalized spacial score (nSPS) is 24.7. The van der Waals surface area contributed by atoms with Crippen LogP contribution in [0, 0.1) is 11.7 Å². The van der Waals surface area contributed by atoms with Crippen LogP contribution in [-0.4, -0.2) is 41.2 Å². The molecule has 1 saturated carbocycles. The molecule has 3 rings (SSSR count). The molecule has 1 heterocycles. The van der Waals surface area contributed by atoms with Gasteiger partial charge in [0.2, 0.25) is 0 Å². The topological polar surface area (TPSA) is 49.8 Å². The summed E-state index contributed by atoms with van der Waals surface area (Å²) in [7, 11) is 0. The van der Waals surface area contributed by atoms with Crippen LogP contribution in [-0.2, 0) is 4.74 Å². The molecule has 1 aliphatic heterocycles. The van der Waals surface area contributed by atoms with Crippen LogP contribution in [0.4, 0.5) is 4.39 Å². The third-order valence-electron chi connectivity index (χ3n) is 4.70. The third-order valence-corrected chi connectivity index (χ3v) is 4.70. The van der Waals surface area contributed by atoms with E-state index in [-0.39, 0.29) is 18.1 Å². The Bertz CT molecular complexity index is 573. The van der Waals surface area contributed by atoms with Gasteiger partial charge >= 0.3 is 0 Å². The van der Waals surface area contributed by atoms with Gasteiger partial charge in [0, 0.05) is 18.7 Å². The molecule has 2 aliphatic rings. The monoisotopic (exact) mass is 321 g/mol. The molecule has 0 unspecified atom stereocenters. The van der Waals surface area contributed by atoms with Crippen molar-refractivity contribution in [1.29, 1.82) is 0 Å². The molecular weight excluding hydrogens is 297 g/mol. The number of halogens is 1. The Labute approximate surface area is 136 Å². The molecule has 4 nitrogen and oxygen atoms in total. The largest absolute Gasteiger partial charge is 0.505 e. The number of ether oxygens (including phenoxy) is 1. The Morgan fingerprint density at radius 1 is 1.39 bits per heavy atom. The highest BCUT2D eigenvalue weighted by atomic mass is 19.1. The predicted octanol–water partition coefficient (Wildman–Crippen LogP) is 3.34. The number of rotatable bonds is 5. The Morgan fingerprint density at radius 2 is 2.17 bits per heavy atom. The van der Waals surface area contributed by atoms with Crippen LogP contribution < -0.4 is 0 Å². The quantitative estimate of drug-likeness (QED) is 0.905. The van der Waals surface area contributed by atoms with E-state index in [9.17, 15) is 14.3 Å². The minimum atomic E-state index is -0.708. The minimum Gasteiger partial charge on any atom is -0.505 e. The fraction of sp³-hybridized carbons (Fsp3) is 0.611. The predicted molar refractivity (Wildman–Crippen MR) is 84.9 cm³/mol. The zero-order valence-corrected chi connectivity index (χ0v) is 13.5. The zero-order chi connectivity index (χ0) is 16.4. The number of morpholine rings is 1. The van der Waals surface area contributed by atoms with Crippen molar-refractivity contribution in [1.82, 2.24) is 4.90 Å². The van der Waals surface area contributed by atoms with Gasteiger partial charge < -0.3 is 14.7 Å². The Hall–Kier alpha value is -1.62. The van der Waals surface area contributed by atoms with Crippen molar-refractivity contribution >= 4 is 5.91 Å². The molecule has 0 radical (unpaired) electrons. The molecule has 1 aliphatic carbocycles. The molecule has 0 bridgehead atoms. The number of hydrogen-bond acceptors (Lipinski definition) is 3. The molecular formula is C18H24FNO3.